The van der Waals surface area contributed by atoms with Crippen molar-refractivity contribution < 1.29 is 64.1 Å². The minimum absolute atomic E-state index is 0.00157. The molecule has 0 saturated carbocycles. The summed E-state index contributed by atoms with van der Waals surface area (Å²) in [7, 11) is 9.32. The summed E-state index contributed by atoms with van der Waals surface area (Å²) in [5.41, 5.74) is -6.56. The molecule has 0 fully saturated rings. The maximum atomic E-state index is 14.7. The lowest BCUT2D eigenvalue weighted by Gasteiger charge is -2.18. The Morgan fingerprint density at radius 3 is 0.771 bits per heavy atom. The summed E-state index contributed by atoms with van der Waals surface area (Å²) in [6.07, 6.45) is 0. The van der Waals surface area contributed by atoms with Gasteiger partial charge in [0.15, 0.2) is 79.3 Å². The molecule has 0 bridgehead atoms. The molecule has 15 rings (SSSR count). The third-order valence-corrected chi connectivity index (χ3v) is 15.6. The number of benzene rings is 8. The lowest BCUT2D eigenvalue weighted by Crippen LogP contribution is -2.09. The van der Waals surface area contributed by atoms with Crippen LogP contribution in [0.2, 0.25) is 0 Å². The van der Waals surface area contributed by atoms with Gasteiger partial charge in [-0.25, -0.2) is 33.6 Å². The van der Waals surface area contributed by atoms with Crippen molar-refractivity contribution in [3.05, 3.63) is 152 Å². The average Bonchev–Trinajstić information content (AvgIpc) is 1.45. The molecule has 0 saturated heterocycles. The molecule has 21 heteroatoms. The van der Waals surface area contributed by atoms with Gasteiger partial charge in [0.1, 0.15) is 0 Å². The Bertz CT molecular complexity index is 6050. The molecule has 7 heterocycles. The van der Waals surface area contributed by atoms with Gasteiger partial charge in [0.05, 0.1) is 120 Å². The van der Waals surface area contributed by atoms with E-state index < -0.39 is 39.4 Å². The zero-order valence-electron chi connectivity index (χ0n) is 44.1. The molecule has 0 aliphatic carbocycles. The molecule has 0 aliphatic rings. The van der Waals surface area contributed by atoms with Crippen molar-refractivity contribution in [3.8, 4) is 40.2 Å². The molecule has 0 atom stereocenters. The fraction of sp³-hybridized carbons (Fsp3) is 0.113. The van der Waals surface area contributed by atoms with E-state index in [0.29, 0.717) is 27.3 Å². The van der Waals surface area contributed by atoms with Gasteiger partial charge in [-0.1, -0.05) is 30.3 Å². The molecule has 15 aromatic rings. The number of hydrogen-bond acceptors (Lipinski definition) is 21. The first-order valence-corrected chi connectivity index (χ1v) is 25.1. The third-order valence-electron chi connectivity index (χ3n) is 15.6. The highest BCUT2D eigenvalue weighted by atomic mass is 16.5. The second-order valence-electron chi connectivity index (χ2n) is 19.4. The zero-order valence-corrected chi connectivity index (χ0v) is 44.1. The van der Waals surface area contributed by atoms with Crippen molar-refractivity contribution >= 4 is 152 Å². The van der Waals surface area contributed by atoms with Crippen LogP contribution in [0.1, 0.15) is 0 Å². The fourth-order valence-electron chi connectivity index (χ4n) is 12.2. The fourth-order valence-corrected chi connectivity index (χ4v) is 12.2. The van der Waals surface area contributed by atoms with E-state index in [1.165, 1.54) is 86.2 Å². The number of para-hydroxylation sites is 1. The van der Waals surface area contributed by atoms with Crippen LogP contribution >= 0.6 is 0 Å². The lowest BCUT2D eigenvalue weighted by atomic mass is 9.95. The normalized spacial score (nSPS) is 12.1. The van der Waals surface area contributed by atoms with E-state index in [2.05, 4.69) is 0 Å². The van der Waals surface area contributed by atoms with E-state index in [1.54, 1.807) is 42.5 Å². The molecule has 8 aromatic carbocycles. The largest absolute Gasteiger partial charge is 0.493 e. The van der Waals surface area contributed by atoms with Crippen LogP contribution < -0.4 is 72.5 Å². The predicted molar refractivity (Wildman–Crippen MR) is 307 cm³/mol. The first kappa shape index (κ1) is 48.8. The first-order chi connectivity index (χ1) is 40.3. The highest BCUT2D eigenvalue weighted by molar-refractivity contribution is 6.29. The number of hydrogen-bond donors (Lipinski definition) is 0. The van der Waals surface area contributed by atoms with Gasteiger partial charge in [-0.15, -0.1) is 0 Å². The number of fused-ring (bicyclic) bond motifs is 21. The van der Waals surface area contributed by atoms with Crippen molar-refractivity contribution in [2.75, 3.05) is 49.8 Å². The number of rotatable bonds is 7. The maximum Gasteiger partial charge on any atom is 0.344 e. The molecule has 0 spiro atoms. The Morgan fingerprint density at radius 1 is 0.229 bits per heavy atom. The summed E-state index contributed by atoms with van der Waals surface area (Å²) in [5.74, 6) is -0.134. The molecule has 0 radical (unpaired) electrons. The molecule has 0 aliphatic heterocycles. The Balaban J connectivity index is 1.01. The second-order valence-corrected chi connectivity index (χ2v) is 19.4. The van der Waals surface area contributed by atoms with Gasteiger partial charge in [-0.05, 0) is 48.5 Å². The third kappa shape index (κ3) is 6.20. The summed E-state index contributed by atoms with van der Waals surface area (Å²) < 4.78 is 83.4. The second kappa shape index (κ2) is 17.1. The van der Waals surface area contributed by atoms with Crippen LogP contribution in [0.15, 0.2) is 143 Å². The van der Waals surface area contributed by atoms with Gasteiger partial charge in [-0.3, -0.25) is 0 Å². The SMILES string of the molecule is COc1cccc2c1oc(=O)c1cc3c(cc12)c(=O)oc1c(OC)c2c(oc(=O)c4cc5c(cc42)c(=O)oc2c(OC)c4c(oc(=O)c6cc7c(cc64)c(=O)oc4c(OC)c6c(oc(=O)c8ccccc86)c(OC)c47)c(OC)c25)c(OC)c13. The highest BCUT2D eigenvalue weighted by Gasteiger charge is 2.32. The summed E-state index contributed by atoms with van der Waals surface area (Å²) >= 11 is 0. The summed E-state index contributed by atoms with van der Waals surface area (Å²) in [6.45, 7) is 0. The molecule has 83 heavy (non-hydrogen) atoms. The van der Waals surface area contributed by atoms with Crippen molar-refractivity contribution in [3.63, 3.8) is 0 Å². The van der Waals surface area contributed by atoms with Crippen LogP contribution in [0.4, 0.5) is 0 Å². The highest BCUT2D eigenvalue weighted by Crippen LogP contribution is 2.52. The van der Waals surface area contributed by atoms with E-state index in [-0.39, 0.29) is 165 Å². The summed E-state index contributed by atoms with van der Waals surface area (Å²) in [4.78, 5) is 99.4. The predicted octanol–water partition coefficient (Wildman–Crippen LogP) is 10.6. The molecule has 21 nitrogen and oxygen atoms in total. The molecular formula is C62H34O21. The minimum Gasteiger partial charge on any atom is -0.493 e. The summed E-state index contributed by atoms with van der Waals surface area (Å²) in [5, 5.41) is 2.34. The van der Waals surface area contributed by atoms with E-state index in [1.807, 2.05) is 0 Å². The van der Waals surface area contributed by atoms with Crippen LogP contribution in [0, 0.1) is 0 Å². The van der Waals surface area contributed by atoms with Crippen LogP contribution in [-0.2, 0) is 0 Å². The Morgan fingerprint density at radius 2 is 0.470 bits per heavy atom. The number of ether oxygens (including phenoxy) is 7. The Hall–Kier alpha value is -11.4. The zero-order chi connectivity index (χ0) is 57.3. The minimum atomic E-state index is -0.942. The Labute approximate surface area is 456 Å². The average molecular weight is 1110 g/mol. The van der Waals surface area contributed by atoms with Crippen molar-refractivity contribution in [2.24, 2.45) is 0 Å². The summed E-state index contributed by atoms with van der Waals surface area (Å²) in [6, 6.07) is 20.2. The van der Waals surface area contributed by atoms with Crippen LogP contribution in [0.3, 0.4) is 0 Å². The molecule has 7 aromatic heterocycles. The lowest BCUT2D eigenvalue weighted by molar-refractivity contribution is 0.400. The molecule has 0 unspecified atom stereocenters. The maximum absolute atomic E-state index is 14.7. The van der Waals surface area contributed by atoms with Gasteiger partial charge in [0.2, 0.25) is 0 Å². The van der Waals surface area contributed by atoms with Crippen molar-refractivity contribution in [1.82, 2.24) is 0 Å². The molecule has 408 valence electrons. The van der Waals surface area contributed by atoms with Gasteiger partial charge in [0.25, 0.3) is 0 Å². The van der Waals surface area contributed by atoms with Gasteiger partial charge in [0, 0.05) is 43.1 Å². The standard InChI is InChI=1S/C62H34O21/c1-70-36-14-10-13-22-24-15-31-25(16-30(24)57(64)77-43(22)36)38-46(73-4)53-40(47(74-5)52(38)80-58(31)65)28-19-35-29(20-34(28)61(68)81-53)42-49(76-7)54-41(48(75-6)55(42)83-62(35)69)27-18-32-26(17-33(27)60(67)82-54)39-45(72-3)50-37(44(71-2)51(39)79-59(32)66)21-11-8-9-12-23(21)56(63)78-50/h8-20H,1-7H3. The number of methoxy groups -OCH3 is 7. The molecule has 0 N–H and O–H groups in total. The monoisotopic (exact) mass is 1110 g/mol. The smallest absolute Gasteiger partial charge is 0.344 e. The van der Waals surface area contributed by atoms with Gasteiger partial charge < -0.3 is 64.1 Å². The van der Waals surface area contributed by atoms with E-state index >= 15 is 0 Å². The topological polar surface area (TPSA) is 276 Å². The first-order valence-electron chi connectivity index (χ1n) is 25.1. The molecular weight excluding hydrogens is 1080 g/mol. The molecule has 0 amide bonds. The van der Waals surface area contributed by atoms with Crippen LogP contribution in [0.25, 0.3) is 152 Å². The van der Waals surface area contributed by atoms with Crippen molar-refractivity contribution in [1.29, 1.82) is 0 Å². The van der Waals surface area contributed by atoms with E-state index in [4.69, 9.17) is 64.1 Å². The van der Waals surface area contributed by atoms with Crippen LogP contribution in [0.5, 0.6) is 40.2 Å². The van der Waals surface area contributed by atoms with Crippen molar-refractivity contribution in [2.45, 2.75) is 0 Å². The van der Waals surface area contributed by atoms with E-state index in [9.17, 15) is 33.6 Å². The Kier molecular flexibility index (Phi) is 10.0. The van der Waals surface area contributed by atoms with E-state index in [0.717, 1.165) is 0 Å². The van der Waals surface area contributed by atoms with Crippen LogP contribution in [-0.4, -0.2) is 49.8 Å². The van der Waals surface area contributed by atoms with Gasteiger partial charge in [-0.2, -0.15) is 0 Å². The quantitative estimate of drug-likeness (QED) is 0.0814. The van der Waals surface area contributed by atoms with Gasteiger partial charge >= 0.3 is 39.4 Å².